The number of nitrogens with one attached hydrogen (secondary N) is 4. The van der Waals surface area contributed by atoms with E-state index in [0.29, 0.717) is 55.4 Å². The van der Waals surface area contributed by atoms with Gasteiger partial charge in [0.2, 0.25) is 0 Å². The van der Waals surface area contributed by atoms with E-state index in [-0.39, 0.29) is 6.04 Å². The van der Waals surface area contributed by atoms with Crippen molar-refractivity contribution >= 4 is 53.3 Å². The first-order chi connectivity index (χ1) is 20.3. The third-order valence-electron chi connectivity index (χ3n) is 7.75. The summed E-state index contributed by atoms with van der Waals surface area (Å²) < 4.78 is 0. The minimum Gasteiger partial charge on any atom is -0.378 e. The molecule has 0 saturated heterocycles. The molecule has 2 aliphatic rings. The predicted octanol–water partition coefficient (Wildman–Crippen LogP) is 6.44. The molecule has 2 aromatic heterocycles. The lowest BCUT2D eigenvalue weighted by molar-refractivity contribution is 0.260. The van der Waals surface area contributed by atoms with Gasteiger partial charge in [0.15, 0.2) is 0 Å². The van der Waals surface area contributed by atoms with Gasteiger partial charge in [0, 0.05) is 35.2 Å². The molecule has 6 rings (SSSR count). The summed E-state index contributed by atoms with van der Waals surface area (Å²) in [7, 11) is 7.24. The topological polar surface area (TPSA) is 101 Å². The highest BCUT2D eigenvalue weighted by Crippen LogP contribution is 2.39. The van der Waals surface area contributed by atoms with E-state index in [1.54, 1.807) is 18.3 Å². The molecule has 11 heteroatoms. The number of anilines is 2. The summed E-state index contributed by atoms with van der Waals surface area (Å²) in [5.74, 6) is 0. The van der Waals surface area contributed by atoms with Crippen molar-refractivity contribution in [1.29, 1.82) is 5.26 Å². The van der Waals surface area contributed by atoms with Crippen LogP contribution in [0.2, 0.25) is 10.2 Å². The van der Waals surface area contributed by atoms with E-state index < -0.39 is 5.44 Å². The van der Waals surface area contributed by atoms with Crippen LogP contribution in [0.15, 0.2) is 72.7 Å². The normalized spacial score (nSPS) is 16.7. The van der Waals surface area contributed by atoms with Gasteiger partial charge in [-0.2, -0.15) is 5.26 Å². The van der Waals surface area contributed by atoms with E-state index in [1.807, 2.05) is 48.5 Å². The Kier molecular flexibility index (Phi) is 7.63. The third kappa shape index (κ3) is 5.34. The smallest absolute Gasteiger partial charge is 0.129 e. The van der Waals surface area contributed by atoms with E-state index >= 15 is 0 Å². The summed E-state index contributed by atoms with van der Waals surface area (Å²) in [6, 6.07) is 20.2. The van der Waals surface area contributed by atoms with Crippen LogP contribution in [0.1, 0.15) is 54.6 Å². The molecule has 2 radical (unpaired) electrons. The largest absolute Gasteiger partial charge is 0.378 e. The quantitative estimate of drug-likeness (QED) is 0.130. The van der Waals surface area contributed by atoms with Crippen molar-refractivity contribution in [2.45, 2.75) is 50.6 Å². The van der Waals surface area contributed by atoms with Crippen molar-refractivity contribution in [3.8, 4) is 6.07 Å². The van der Waals surface area contributed by atoms with Crippen LogP contribution in [-0.4, -0.2) is 28.9 Å². The fraction of sp³-hybridized carbons (Fsp3) is 0.258. The van der Waals surface area contributed by atoms with Gasteiger partial charge in [-0.25, -0.2) is 4.98 Å². The molecule has 1 fully saturated rings. The molecule has 1 aliphatic heterocycles. The Labute approximate surface area is 256 Å². The lowest BCUT2D eigenvalue weighted by atomic mass is 9.69. The highest BCUT2D eigenvalue weighted by molar-refractivity contribution is 6.36. The Morgan fingerprint density at radius 2 is 1.98 bits per heavy atom. The summed E-state index contributed by atoms with van der Waals surface area (Å²) in [4.78, 5) is 9.00. The number of fused-ring (bicyclic) bond motifs is 1. The Balaban J connectivity index is 1.46. The predicted molar refractivity (Wildman–Crippen MR) is 169 cm³/mol. The van der Waals surface area contributed by atoms with Crippen molar-refractivity contribution < 1.29 is 0 Å². The van der Waals surface area contributed by atoms with Gasteiger partial charge in [-0.3, -0.25) is 9.99 Å². The third-order valence-corrected chi connectivity index (χ3v) is 8.24. The molecule has 0 bridgehead atoms. The van der Waals surface area contributed by atoms with Crippen LogP contribution >= 0.6 is 23.2 Å². The van der Waals surface area contributed by atoms with Crippen molar-refractivity contribution in [3.63, 3.8) is 0 Å². The Hall–Kier alpha value is -3.97. The molecule has 42 heavy (non-hydrogen) atoms. The van der Waals surface area contributed by atoms with Crippen LogP contribution in [0.3, 0.4) is 0 Å². The van der Waals surface area contributed by atoms with Crippen LogP contribution in [0.25, 0.3) is 10.9 Å². The number of hydrazine groups is 2. The number of aryl methyl sites for hydroxylation is 1. The van der Waals surface area contributed by atoms with Crippen LogP contribution in [0.5, 0.6) is 0 Å². The van der Waals surface area contributed by atoms with E-state index in [4.69, 9.17) is 31.0 Å². The molecule has 4 aromatic rings. The molecular formula is C31H29BCl2N8. The number of hydrogen-bond acceptors (Lipinski definition) is 8. The van der Waals surface area contributed by atoms with E-state index in [1.165, 1.54) is 0 Å². The van der Waals surface area contributed by atoms with E-state index in [2.05, 4.69) is 56.7 Å². The van der Waals surface area contributed by atoms with Gasteiger partial charge in [0.25, 0.3) is 0 Å². The standard InChI is InChI=1S/C31H29BCl2N8/c1-3-26(19-7-5-4-6-8-19)38-29-20(15-35)16-36-30-23(29)13-21(14-25(30)33)39-31(32,24-11-12-28(34)37-18(24)2)27-17-42(41-40-27)22-9-10-22/h4-8,11-14,16-17,22,26,39-41H,3,9-10H2,1-2H3,(H,36,38)/t26-,31+/m1/s1. The lowest BCUT2D eigenvalue weighted by Gasteiger charge is -2.35. The first-order valence-corrected chi connectivity index (χ1v) is 14.6. The van der Waals surface area contributed by atoms with Crippen LogP contribution in [0, 0.1) is 18.3 Å². The second kappa shape index (κ2) is 11.4. The maximum Gasteiger partial charge on any atom is 0.129 e. The molecule has 0 spiro atoms. The molecule has 210 valence electrons. The van der Waals surface area contributed by atoms with Gasteiger partial charge in [-0.15, -0.1) is 5.53 Å². The maximum atomic E-state index is 10.0. The molecule has 4 N–H and O–H groups in total. The molecular weight excluding hydrogens is 566 g/mol. The van der Waals surface area contributed by atoms with Gasteiger partial charge in [-0.1, -0.05) is 66.5 Å². The fourth-order valence-corrected chi connectivity index (χ4v) is 5.84. The second-order valence-electron chi connectivity index (χ2n) is 10.6. The average molecular weight is 595 g/mol. The Morgan fingerprint density at radius 1 is 1.19 bits per heavy atom. The number of aromatic nitrogens is 2. The first-order valence-electron chi connectivity index (χ1n) is 13.9. The Bertz CT molecular complexity index is 1720. The Morgan fingerprint density at radius 3 is 2.67 bits per heavy atom. The summed E-state index contributed by atoms with van der Waals surface area (Å²) in [5.41, 5.74) is 10.8. The number of nitrogens with zero attached hydrogens (tertiary/aromatic N) is 4. The van der Waals surface area contributed by atoms with Gasteiger partial charge >= 0.3 is 0 Å². The van der Waals surface area contributed by atoms with Crippen molar-refractivity contribution in [2.75, 3.05) is 10.6 Å². The average Bonchev–Trinajstić information content (AvgIpc) is 3.71. The summed E-state index contributed by atoms with van der Waals surface area (Å²) in [6.07, 6.45) is 6.57. The number of pyridine rings is 2. The molecule has 0 unspecified atom stereocenters. The molecule has 8 nitrogen and oxygen atoms in total. The molecule has 1 saturated carbocycles. The summed E-state index contributed by atoms with van der Waals surface area (Å²) in [5, 5.41) is 20.7. The molecule has 1 aliphatic carbocycles. The van der Waals surface area contributed by atoms with Crippen LogP contribution in [0.4, 0.5) is 11.4 Å². The fourth-order valence-electron chi connectivity index (χ4n) is 5.39. The van der Waals surface area contributed by atoms with Crippen LogP contribution < -0.4 is 21.6 Å². The highest BCUT2D eigenvalue weighted by Gasteiger charge is 2.39. The maximum absolute atomic E-state index is 10.0. The van der Waals surface area contributed by atoms with Crippen molar-refractivity contribution in [2.24, 2.45) is 0 Å². The zero-order chi connectivity index (χ0) is 29.4. The molecule has 3 heterocycles. The number of hydrogen-bond donors (Lipinski definition) is 4. The van der Waals surface area contributed by atoms with E-state index in [9.17, 15) is 5.26 Å². The first kappa shape index (κ1) is 28.2. The number of nitriles is 1. The summed E-state index contributed by atoms with van der Waals surface area (Å²) >= 11 is 13.1. The zero-order valence-corrected chi connectivity index (χ0v) is 24.8. The lowest BCUT2D eigenvalue weighted by Crippen LogP contribution is -2.46. The monoisotopic (exact) mass is 594 g/mol. The minimum atomic E-state index is -1.24. The zero-order valence-electron chi connectivity index (χ0n) is 23.2. The van der Waals surface area contributed by atoms with Gasteiger partial charge in [0.1, 0.15) is 19.1 Å². The molecule has 0 amide bonds. The van der Waals surface area contributed by atoms with Crippen molar-refractivity contribution in [3.05, 3.63) is 105 Å². The van der Waals surface area contributed by atoms with Crippen molar-refractivity contribution in [1.82, 2.24) is 25.9 Å². The van der Waals surface area contributed by atoms with Gasteiger partial charge < -0.3 is 16.1 Å². The van der Waals surface area contributed by atoms with Gasteiger partial charge in [-0.05, 0) is 55.5 Å². The van der Waals surface area contributed by atoms with E-state index in [0.717, 1.165) is 30.4 Å². The highest BCUT2D eigenvalue weighted by atomic mass is 35.5. The number of benzene rings is 2. The number of halogens is 2. The molecule has 2 aromatic carbocycles. The summed E-state index contributed by atoms with van der Waals surface area (Å²) in [6.45, 7) is 3.98. The minimum absolute atomic E-state index is 0.0250. The molecule has 2 atom stereocenters. The second-order valence-corrected chi connectivity index (χ2v) is 11.4. The number of rotatable bonds is 9. The van der Waals surface area contributed by atoms with Crippen LogP contribution in [-0.2, 0) is 5.44 Å². The SMILES string of the molecule is [B][C@@](Nc1cc(Cl)c2ncc(C#N)c(N[C@H](CC)c3ccccc3)c2c1)(C1=CN(C2CC2)NN1)c1ccc(Cl)nc1C. The van der Waals surface area contributed by atoms with Gasteiger partial charge in [0.05, 0.1) is 39.0 Å².